The predicted molar refractivity (Wildman–Crippen MR) is 180 cm³/mol. The van der Waals surface area contributed by atoms with Crippen molar-refractivity contribution < 1.29 is 14.3 Å². The Morgan fingerprint density at radius 3 is 2.42 bits per heavy atom. The maximum Gasteiger partial charge on any atom is 0.266 e. The molecule has 2 aromatic carbocycles. The van der Waals surface area contributed by atoms with Gasteiger partial charge in [0.2, 0.25) is 5.91 Å². The largest absolute Gasteiger partial charge is 0.478 e. The molecule has 9 nitrogen and oxygen atoms in total. The Kier molecular flexibility index (Phi) is 10.1. The third kappa shape index (κ3) is 7.47. The molecule has 1 atom stereocenters. The number of aromatic amines is 1. The molecule has 3 aliphatic rings. The molecule has 10 heteroatoms. The number of rotatable bonds is 9. The van der Waals surface area contributed by atoms with E-state index in [0.717, 1.165) is 79.1 Å². The van der Waals surface area contributed by atoms with Gasteiger partial charge in [-0.15, -0.1) is 12.4 Å². The number of anilines is 1. The summed E-state index contributed by atoms with van der Waals surface area (Å²) in [5, 5.41) is 10.7. The minimum Gasteiger partial charge on any atom is -0.478 e. The number of piperazine rings is 1. The molecular formula is C35H47ClN6O3. The molecule has 2 amide bonds. The molecule has 45 heavy (non-hydrogen) atoms. The first-order valence-electron chi connectivity index (χ1n) is 16.1. The highest BCUT2D eigenvalue weighted by Gasteiger charge is 2.38. The lowest BCUT2D eigenvalue weighted by atomic mass is 9.95. The highest BCUT2D eigenvalue weighted by molar-refractivity contribution is 5.85. The summed E-state index contributed by atoms with van der Waals surface area (Å²) < 4.78 is 6.29. The molecule has 0 bridgehead atoms. The molecule has 3 aromatic rings. The fourth-order valence-corrected chi connectivity index (χ4v) is 6.70. The average molecular weight is 635 g/mol. The van der Waals surface area contributed by atoms with Crippen molar-refractivity contribution in [2.75, 3.05) is 44.2 Å². The zero-order valence-electron chi connectivity index (χ0n) is 27.0. The lowest BCUT2D eigenvalue weighted by Crippen LogP contribution is -2.54. The molecular weight excluding hydrogens is 588 g/mol. The molecule has 242 valence electrons. The fraction of sp³-hybridized carbons (Fsp3) is 0.514. The number of benzene rings is 2. The van der Waals surface area contributed by atoms with Crippen molar-refractivity contribution in [1.82, 2.24) is 25.3 Å². The lowest BCUT2D eigenvalue weighted by molar-refractivity contribution is -0.146. The van der Waals surface area contributed by atoms with Crippen molar-refractivity contribution in [1.29, 1.82) is 0 Å². The summed E-state index contributed by atoms with van der Waals surface area (Å²) in [5.74, 6) is 0.899. The van der Waals surface area contributed by atoms with Crippen LogP contribution in [0.3, 0.4) is 0 Å². The molecule has 0 spiro atoms. The number of H-pyrrole nitrogens is 1. The molecule has 0 radical (unpaired) electrons. The Labute approximate surface area is 273 Å². The molecule has 1 aliphatic carbocycles. The van der Waals surface area contributed by atoms with E-state index in [0.29, 0.717) is 38.0 Å². The van der Waals surface area contributed by atoms with E-state index >= 15 is 0 Å². The summed E-state index contributed by atoms with van der Waals surface area (Å²) in [6.45, 7) is 13.0. The summed E-state index contributed by atoms with van der Waals surface area (Å²) in [4.78, 5) is 33.5. The van der Waals surface area contributed by atoms with Crippen LogP contribution in [0.2, 0.25) is 0 Å². The van der Waals surface area contributed by atoms with Gasteiger partial charge in [0, 0.05) is 74.9 Å². The van der Waals surface area contributed by atoms with E-state index in [2.05, 4.69) is 55.6 Å². The molecule has 3 fully saturated rings. The van der Waals surface area contributed by atoms with E-state index in [9.17, 15) is 9.59 Å². The smallest absolute Gasteiger partial charge is 0.266 e. The van der Waals surface area contributed by atoms with Gasteiger partial charge < -0.3 is 24.8 Å². The monoisotopic (exact) mass is 634 g/mol. The summed E-state index contributed by atoms with van der Waals surface area (Å²) in [6, 6.07) is 16.9. The van der Waals surface area contributed by atoms with Gasteiger partial charge in [-0.25, -0.2) is 0 Å². The summed E-state index contributed by atoms with van der Waals surface area (Å²) in [6.07, 6.45) is 4.02. The van der Waals surface area contributed by atoms with Gasteiger partial charge in [0.1, 0.15) is 5.75 Å². The number of nitrogens with one attached hydrogen (secondary N) is 2. The topological polar surface area (TPSA) is 93.8 Å². The van der Waals surface area contributed by atoms with Crippen LogP contribution in [0.5, 0.6) is 5.75 Å². The number of ether oxygens (including phenoxy) is 1. The van der Waals surface area contributed by atoms with Gasteiger partial charge >= 0.3 is 0 Å². The molecule has 2 saturated heterocycles. The Morgan fingerprint density at radius 2 is 1.76 bits per heavy atom. The average Bonchev–Trinajstić information content (AvgIpc) is 3.83. The van der Waals surface area contributed by atoms with Crippen LogP contribution in [-0.2, 0) is 16.1 Å². The Balaban J connectivity index is 0.00000400. The summed E-state index contributed by atoms with van der Waals surface area (Å²) >= 11 is 0. The number of amides is 2. The van der Waals surface area contributed by atoms with Crippen molar-refractivity contribution in [3.05, 3.63) is 65.5 Å². The Bertz CT molecular complexity index is 1460. The third-order valence-electron chi connectivity index (χ3n) is 9.24. The first kappa shape index (κ1) is 32.8. The van der Waals surface area contributed by atoms with Crippen LogP contribution >= 0.6 is 12.4 Å². The van der Waals surface area contributed by atoms with E-state index < -0.39 is 5.60 Å². The number of aromatic nitrogens is 2. The van der Waals surface area contributed by atoms with E-state index in [1.165, 1.54) is 0 Å². The van der Waals surface area contributed by atoms with Crippen LogP contribution in [0.4, 0.5) is 5.69 Å². The van der Waals surface area contributed by atoms with Crippen LogP contribution in [0.1, 0.15) is 56.5 Å². The first-order valence-corrected chi connectivity index (χ1v) is 16.1. The number of hydrogen-bond donors (Lipinski definition) is 2. The molecule has 0 unspecified atom stereocenters. The number of nitrogens with zero attached hydrogens (tertiary/aromatic N) is 4. The van der Waals surface area contributed by atoms with Crippen molar-refractivity contribution in [3.63, 3.8) is 0 Å². The molecule has 1 saturated carbocycles. The maximum absolute atomic E-state index is 14.0. The molecule has 6 rings (SSSR count). The van der Waals surface area contributed by atoms with E-state index in [4.69, 9.17) is 4.74 Å². The predicted octanol–water partition coefficient (Wildman–Crippen LogP) is 5.11. The van der Waals surface area contributed by atoms with Crippen molar-refractivity contribution in [2.45, 2.75) is 71.6 Å². The van der Waals surface area contributed by atoms with E-state index in [1.807, 2.05) is 50.8 Å². The minimum absolute atomic E-state index is 0. The lowest BCUT2D eigenvalue weighted by Gasteiger charge is -2.37. The highest BCUT2D eigenvalue weighted by Crippen LogP contribution is 2.34. The molecule has 2 N–H and O–H groups in total. The van der Waals surface area contributed by atoms with Gasteiger partial charge in [0.25, 0.3) is 5.91 Å². The first-order chi connectivity index (χ1) is 21.2. The maximum atomic E-state index is 14.0. The number of piperidine rings is 1. The fourth-order valence-electron chi connectivity index (χ4n) is 6.70. The highest BCUT2D eigenvalue weighted by atomic mass is 35.5. The second kappa shape index (κ2) is 13.8. The zero-order valence-corrected chi connectivity index (χ0v) is 27.8. The second-order valence-electron chi connectivity index (χ2n) is 13.1. The van der Waals surface area contributed by atoms with Crippen molar-refractivity contribution in [3.8, 4) is 16.9 Å². The normalized spacial score (nSPS) is 18.7. The van der Waals surface area contributed by atoms with Crippen LogP contribution in [0.15, 0.2) is 48.5 Å². The number of hydrogen-bond acceptors (Lipinski definition) is 6. The van der Waals surface area contributed by atoms with Crippen molar-refractivity contribution in [2.24, 2.45) is 5.92 Å². The molecule has 3 heterocycles. The van der Waals surface area contributed by atoms with Crippen LogP contribution in [0, 0.1) is 19.8 Å². The van der Waals surface area contributed by atoms with Crippen LogP contribution in [-0.4, -0.2) is 82.7 Å². The SMILES string of the molecule is Cc1n[nH]c(C)c1-c1ccc(CN(C(=O)[C@@H]2CCCN(c3cccc(OC(C)(C)C(=O)N4CCNCC4)c3)C2)C2CC2)cc1.Cl. The van der Waals surface area contributed by atoms with Gasteiger partial charge in [-0.05, 0) is 76.6 Å². The van der Waals surface area contributed by atoms with Crippen molar-refractivity contribution >= 4 is 29.9 Å². The third-order valence-corrected chi connectivity index (χ3v) is 9.24. The van der Waals surface area contributed by atoms with Crippen LogP contribution < -0.4 is 15.0 Å². The quantitative estimate of drug-likeness (QED) is 0.340. The number of aryl methyl sites for hydroxylation is 2. The Hall–Kier alpha value is -3.56. The summed E-state index contributed by atoms with van der Waals surface area (Å²) in [5.41, 5.74) is 5.58. The summed E-state index contributed by atoms with van der Waals surface area (Å²) in [7, 11) is 0. The van der Waals surface area contributed by atoms with Gasteiger partial charge in [-0.1, -0.05) is 30.3 Å². The zero-order chi connectivity index (χ0) is 30.8. The van der Waals surface area contributed by atoms with E-state index in [1.54, 1.807) is 0 Å². The van der Waals surface area contributed by atoms with Gasteiger partial charge in [0.05, 0.1) is 11.6 Å². The number of halogens is 1. The second-order valence-corrected chi connectivity index (χ2v) is 13.1. The standard InChI is InChI=1S/C35H46N6O3.ClH/c1-24-32(25(2)38-37-24)27-12-10-26(11-13-27)22-41(29-14-15-29)33(42)28-7-6-18-40(23-28)30-8-5-9-31(21-30)44-35(3,4)34(43)39-19-16-36-17-20-39;/h5,8-13,21,28-29,36H,6-7,14-20,22-23H2,1-4H3,(H,37,38);1H/t28-;/m1./s1. The van der Waals surface area contributed by atoms with E-state index in [-0.39, 0.29) is 30.1 Å². The Morgan fingerprint density at radius 1 is 1.02 bits per heavy atom. The number of carbonyl (C=O) groups excluding carboxylic acids is 2. The van der Waals surface area contributed by atoms with Crippen LogP contribution in [0.25, 0.3) is 11.1 Å². The van der Waals surface area contributed by atoms with Gasteiger partial charge in [-0.2, -0.15) is 5.10 Å². The number of carbonyl (C=O) groups is 2. The van der Waals surface area contributed by atoms with Gasteiger partial charge in [0.15, 0.2) is 5.60 Å². The molecule has 1 aromatic heterocycles. The van der Waals surface area contributed by atoms with Gasteiger partial charge in [-0.3, -0.25) is 14.7 Å². The molecule has 2 aliphatic heterocycles. The minimum atomic E-state index is -0.963.